The summed E-state index contributed by atoms with van der Waals surface area (Å²) in [5.41, 5.74) is 7.79. The summed E-state index contributed by atoms with van der Waals surface area (Å²) in [6, 6.07) is 5.75. The highest BCUT2D eigenvalue weighted by Gasteiger charge is 2.28. The van der Waals surface area contributed by atoms with Gasteiger partial charge in [-0.2, -0.15) is 0 Å². The summed E-state index contributed by atoms with van der Waals surface area (Å²) in [5.74, 6) is 1.17. The van der Waals surface area contributed by atoms with Crippen LogP contribution in [0, 0.1) is 28.9 Å². The maximum absolute atomic E-state index is 11.1. The molecular weight excluding hydrogens is 266 g/mol. The normalized spacial score (nSPS) is 24.8. The van der Waals surface area contributed by atoms with Gasteiger partial charge in [-0.05, 0) is 50.8 Å². The topological polar surface area (TPSA) is 72.4 Å². The number of hydrogen-bond donors (Lipinski definition) is 1. The predicted octanol–water partition coefficient (Wildman–Crippen LogP) is 2.88. The Morgan fingerprint density at radius 1 is 1.52 bits per heavy atom. The van der Waals surface area contributed by atoms with E-state index in [1.165, 1.54) is 0 Å². The lowest BCUT2D eigenvalue weighted by atomic mass is 9.86. The second-order valence-corrected chi connectivity index (χ2v) is 6.24. The van der Waals surface area contributed by atoms with Crippen LogP contribution in [-0.2, 0) is 0 Å². The Hall–Kier alpha value is -1.46. The minimum Gasteiger partial charge on any atom is -0.330 e. The molecule has 0 saturated carbocycles. The highest BCUT2D eigenvalue weighted by atomic mass is 16.6. The Balaban J connectivity index is 2.18. The summed E-state index contributed by atoms with van der Waals surface area (Å²) >= 11 is 0. The lowest BCUT2D eigenvalue weighted by molar-refractivity contribution is -0.385. The Morgan fingerprint density at radius 2 is 2.24 bits per heavy atom. The number of nitrogens with two attached hydrogens (primary N) is 1. The van der Waals surface area contributed by atoms with E-state index in [2.05, 4.69) is 18.7 Å². The molecule has 0 aromatic heterocycles. The van der Waals surface area contributed by atoms with Gasteiger partial charge in [0.2, 0.25) is 0 Å². The van der Waals surface area contributed by atoms with Crippen molar-refractivity contribution in [2.45, 2.75) is 33.2 Å². The summed E-state index contributed by atoms with van der Waals surface area (Å²) < 4.78 is 0. The van der Waals surface area contributed by atoms with E-state index < -0.39 is 0 Å². The summed E-state index contributed by atoms with van der Waals surface area (Å²) in [7, 11) is 0. The average Bonchev–Trinajstić information content (AvgIpc) is 2.47. The Kier molecular flexibility index (Phi) is 4.96. The van der Waals surface area contributed by atoms with Gasteiger partial charge in [0.05, 0.1) is 4.92 Å². The minimum absolute atomic E-state index is 0.186. The molecule has 1 saturated heterocycles. The van der Waals surface area contributed by atoms with Gasteiger partial charge in [0.25, 0.3) is 5.69 Å². The summed E-state index contributed by atoms with van der Waals surface area (Å²) in [6.07, 6.45) is 1.14. The fourth-order valence-corrected chi connectivity index (χ4v) is 3.13. The number of nitro benzene ring substituents is 1. The van der Waals surface area contributed by atoms with E-state index in [0.717, 1.165) is 25.1 Å². The zero-order valence-corrected chi connectivity index (χ0v) is 13.1. The van der Waals surface area contributed by atoms with Crippen molar-refractivity contribution in [3.05, 3.63) is 39.4 Å². The van der Waals surface area contributed by atoms with Crippen molar-refractivity contribution >= 4 is 5.69 Å². The molecule has 2 rings (SSSR count). The number of nitro groups is 1. The van der Waals surface area contributed by atoms with Gasteiger partial charge in [0, 0.05) is 24.2 Å². The molecule has 21 heavy (non-hydrogen) atoms. The molecule has 1 fully saturated rings. The fourth-order valence-electron chi connectivity index (χ4n) is 3.13. The first-order valence-electron chi connectivity index (χ1n) is 7.63. The first kappa shape index (κ1) is 15.9. The molecule has 1 aliphatic heterocycles. The maximum Gasteiger partial charge on any atom is 0.272 e. The van der Waals surface area contributed by atoms with Crippen molar-refractivity contribution in [2.24, 2.45) is 17.6 Å². The van der Waals surface area contributed by atoms with E-state index in [9.17, 15) is 10.1 Å². The minimum atomic E-state index is -0.299. The molecule has 1 heterocycles. The van der Waals surface area contributed by atoms with Crippen LogP contribution < -0.4 is 5.73 Å². The van der Waals surface area contributed by atoms with Crippen molar-refractivity contribution in [3.8, 4) is 0 Å². The lowest BCUT2D eigenvalue weighted by Crippen LogP contribution is -2.43. The smallest absolute Gasteiger partial charge is 0.272 e. The Bertz CT molecular complexity index is 518. The number of likely N-dealkylation sites (tertiary alicyclic amines) is 1. The number of piperidine rings is 1. The standard InChI is InChI=1S/C16H25N3O2/c1-11-6-7-18(10-15(11)9-17)13(3)14-5-4-12(2)16(8-14)19(20)21/h4-5,8,11,13,15H,6-7,9-10,17H2,1-3H3. The molecule has 3 atom stereocenters. The van der Waals surface area contributed by atoms with Crippen molar-refractivity contribution < 1.29 is 4.92 Å². The third-order valence-corrected chi connectivity index (χ3v) is 4.91. The molecule has 5 heteroatoms. The van der Waals surface area contributed by atoms with Crippen molar-refractivity contribution in [1.29, 1.82) is 0 Å². The molecule has 116 valence electrons. The highest BCUT2D eigenvalue weighted by Crippen LogP contribution is 2.31. The van der Waals surface area contributed by atoms with Gasteiger partial charge in [-0.15, -0.1) is 0 Å². The molecule has 1 aromatic rings. The summed E-state index contributed by atoms with van der Waals surface area (Å²) in [4.78, 5) is 13.2. The number of rotatable bonds is 4. The fraction of sp³-hybridized carbons (Fsp3) is 0.625. The molecule has 0 spiro atoms. The van der Waals surface area contributed by atoms with Crippen molar-refractivity contribution in [2.75, 3.05) is 19.6 Å². The van der Waals surface area contributed by atoms with Gasteiger partial charge in [0.1, 0.15) is 0 Å². The average molecular weight is 291 g/mol. The largest absolute Gasteiger partial charge is 0.330 e. The molecule has 0 aliphatic carbocycles. The van der Waals surface area contributed by atoms with Gasteiger partial charge < -0.3 is 5.73 Å². The Labute approximate surface area is 126 Å². The number of nitrogens with zero attached hydrogens (tertiary/aromatic N) is 2. The van der Waals surface area contributed by atoms with Crippen molar-refractivity contribution in [1.82, 2.24) is 4.90 Å². The predicted molar refractivity (Wildman–Crippen MR) is 84.1 cm³/mol. The number of benzene rings is 1. The molecule has 5 nitrogen and oxygen atoms in total. The molecule has 0 amide bonds. The van der Waals surface area contributed by atoms with Crippen LogP contribution in [0.4, 0.5) is 5.69 Å². The van der Waals surface area contributed by atoms with E-state index in [0.29, 0.717) is 23.9 Å². The van der Waals surface area contributed by atoms with E-state index >= 15 is 0 Å². The van der Waals surface area contributed by atoms with Gasteiger partial charge in [-0.3, -0.25) is 15.0 Å². The number of aryl methyl sites for hydroxylation is 1. The molecule has 0 bridgehead atoms. The second kappa shape index (κ2) is 6.54. The zero-order valence-electron chi connectivity index (χ0n) is 13.1. The molecule has 1 aliphatic rings. The van der Waals surface area contributed by atoms with E-state index in [-0.39, 0.29) is 16.7 Å². The van der Waals surface area contributed by atoms with Gasteiger partial charge in [0.15, 0.2) is 0 Å². The first-order chi connectivity index (χ1) is 9.93. The van der Waals surface area contributed by atoms with Crippen LogP contribution in [-0.4, -0.2) is 29.5 Å². The van der Waals surface area contributed by atoms with Crippen LogP contribution in [0.25, 0.3) is 0 Å². The van der Waals surface area contributed by atoms with Crippen LogP contribution in [0.15, 0.2) is 18.2 Å². The molecule has 3 unspecified atom stereocenters. The van der Waals surface area contributed by atoms with Crippen molar-refractivity contribution in [3.63, 3.8) is 0 Å². The first-order valence-corrected chi connectivity index (χ1v) is 7.63. The van der Waals surface area contributed by atoms with Crippen LogP contribution >= 0.6 is 0 Å². The van der Waals surface area contributed by atoms with E-state index in [4.69, 9.17) is 5.73 Å². The molecule has 2 N–H and O–H groups in total. The lowest BCUT2D eigenvalue weighted by Gasteiger charge is -2.40. The van der Waals surface area contributed by atoms with Gasteiger partial charge >= 0.3 is 0 Å². The third kappa shape index (κ3) is 3.41. The van der Waals surface area contributed by atoms with E-state index in [1.807, 2.05) is 12.1 Å². The summed E-state index contributed by atoms with van der Waals surface area (Å²) in [5, 5.41) is 11.1. The number of hydrogen-bond acceptors (Lipinski definition) is 4. The quantitative estimate of drug-likeness (QED) is 0.684. The van der Waals surface area contributed by atoms with Crippen LogP contribution in [0.1, 0.15) is 37.4 Å². The second-order valence-electron chi connectivity index (χ2n) is 6.24. The SMILES string of the molecule is Cc1ccc(C(C)N2CCC(C)C(CN)C2)cc1[N+](=O)[O-]. The van der Waals surface area contributed by atoms with E-state index in [1.54, 1.807) is 13.0 Å². The van der Waals surface area contributed by atoms with Gasteiger partial charge in [-0.25, -0.2) is 0 Å². The molecule has 0 radical (unpaired) electrons. The monoisotopic (exact) mass is 291 g/mol. The molecular formula is C16H25N3O2. The van der Waals surface area contributed by atoms with Gasteiger partial charge in [-0.1, -0.05) is 19.1 Å². The van der Waals surface area contributed by atoms with Crippen LogP contribution in [0.5, 0.6) is 0 Å². The van der Waals surface area contributed by atoms with Crippen LogP contribution in [0.3, 0.4) is 0 Å². The maximum atomic E-state index is 11.1. The molecule has 1 aromatic carbocycles. The Morgan fingerprint density at radius 3 is 2.86 bits per heavy atom. The van der Waals surface area contributed by atoms with Crippen LogP contribution in [0.2, 0.25) is 0 Å². The highest BCUT2D eigenvalue weighted by molar-refractivity contribution is 5.43. The zero-order chi connectivity index (χ0) is 15.6. The third-order valence-electron chi connectivity index (χ3n) is 4.91. The summed E-state index contributed by atoms with van der Waals surface area (Å²) in [6.45, 7) is 8.87.